The first-order valence-corrected chi connectivity index (χ1v) is 10.9. The van der Waals surface area contributed by atoms with E-state index in [0.29, 0.717) is 12.5 Å². The number of methoxy groups -OCH3 is 1. The van der Waals surface area contributed by atoms with Crippen LogP contribution in [0.5, 0.6) is 5.75 Å². The summed E-state index contributed by atoms with van der Waals surface area (Å²) in [7, 11) is 1.68. The normalized spacial score (nSPS) is 36.1. The summed E-state index contributed by atoms with van der Waals surface area (Å²) >= 11 is 0. The van der Waals surface area contributed by atoms with Crippen LogP contribution < -0.4 is 10.1 Å². The summed E-state index contributed by atoms with van der Waals surface area (Å²) in [6, 6.07) is 7.99. The molecule has 0 unspecified atom stereocenters. The Balaban J connectivity index is 1.41. The molecule has 0 amide bonds. The van der Waals surface area contributed by atoms with Crippen molar-refractivity contribution < 1.29 is 19.4 Å². The Labute approximate surface area is 173 Å². The zero-order valence-electron chi connectivity index (χ0n) is 17.7. The van der Waals surface area contributed by atoms with Crippen LogP contribution in [0.3, 0.4) is 0 Å². The number of hydrogen-bond acceptors (Lipinski definition) is 5. The number of carbonyl (C=O) groups is 1. The molecule has 158 valence electrons. The smallest absolute Gasteiger partial charge is 0.311 e. The molecule has 1 aromatic rings. The van der Waals surface area contributed by atoms with Gasteiger partial charge in [-0.3, -0.25) is 4.79 Å². The zero-order valence-corrected chi connectivity index (χ0v) is 17.7. The van der Waals surface area contributed by atoms with Gasteiger partial charge in [-0.25, -0.2) is 0 Å². The van der Waals surface area contributed by atoms with E-state index in [-0.39, 0.29) is 29.3 Å². The first kappa shape index (κ1) is 20.4. The SMILES string of the molecule is COc1ccccc1CCNC[C@@H]1C(=O)O[C@@H]2CC3=CCC[C@H](C)[C@@]3(C)[C@@H](O)[C@H]12. The molecule has 0 aromatic heterocycles. The number of carbonyl (C=O) groups excluding carboxylic acids is 1. The molecule has 29 heavy (non-hydrogen) atoms. The molecule has 5 heteroatoms. The molecule has 2 fully saturated rings. The average molecular weight is 400 g/mol. The summed E-state index contributed by atoms with van der Waals surface area (Å²) in [5, 5.41) is 14.8. The van der Waals surface area contributed by atoms with Crippen LogP contribution in [0.1, 0.15) is 38.7 Å². The van der Waals surface area contributed by atoms with Gasteiger partial charge in [-0.2, -0.15) is 0 Å². The molecule has 0 spiro atoms. The molecule has 6 atom stereocenters. The molecule has 1 saturated carbocycles. The highest BCUT2D eigenvalue weighted by Gasteiger charge is 2.59. The number of benzene rings is 1. The Morgan fingerprint density at radius 1 is 1.34 bits per heavy atom. The Morgan fingerprint density at radius 3 is 2.93 bits per heavy atom. The Bertz CT molecular complexity index is 791. The average Bonchev–Trinajstić information content (AvgIpc) is 3.03. The molecule has 3 aliphatic rings. The fourth-order valence-electron chi connectivity index (χ4n) is 5.69. The van der Waals surface area contributed by atoms with E-state index in [1.807, 2.05) is 18.2 Å². The Kier molecular flexibility index (Phi) is 5.71. The number of fused-ring (bicyclic) bond motifs is 2. The molecule has 2 N–H and O–H groups in total. The van der Waals surface area contributed by atoms with Gasteiger partial charge in [0.2, 0.25) is 0 Å². The van der Waals surface area contributed by atoms with Crippen molar-refractivity contribution in [2.45, 2.75) is 51.7 Å². The van der Waals surface area contributed by atoms with Gasteiger partial charge in [0.25, 0.3) is 0 Å². The van der Waals surface area contributed by atoms with Gasteiger partial charge < -0.3 is 19.9 Å². The van der Waals surface area contributed by atoms with Crippen molar-refractivity contribution in [3.8, 4) is 5.75 Å². The number of esters is 1. The highest BCUT2D eigenvalue weighted by atomic mass is 16.6. The van der Waals surface area contributed by atoms with Crippen molar-refractivity contribution in [3.05, 3.63) is 41.5 Å². The molecular formula is C24H33NO4. The molecular weight excluding hydrogens is 366 g/mol. The molecule has 4 rings (SSSR count). The fraction of sp³-hybridized carbons (Fsp3) is 0.625. The van der Waals surface area contributed by atoms with Crippen LogP contribution in [0.25, 0.3) is 0 Å². The molecule has 5 nitrogen and oxygen atoms in total. The van der Waals surface area contributed by atoms with E-state index < -0.39 is 6.10 Å². The summed E-state index contributed by atoms with van der Waals surface area (Å²) in [5.41, 5.74) is 2.18. The molecule has 2 aliphatic carbocycles. The molecule has 1 aromatic carbocycles. The second-order valence-electron chi connectivity index (χ2n) is 9.06. The highest BCUT2D eigenvalue weighted by molar-refractivity contribution is 5.76. The topological polar surface area (TPSA) is 67.8 Å². The van der Waals surface area contributed by atoms with Crippen molar-refractivity contribution in [3.63, 3.8) is 0 Å². The molecule has 1 aliphatic heterocycles. The standard InChI is InChI=1S/C24H33NO4/c1-15-7-6-9-17-13-20-21(22(26)24(15,17)2)18(23(27)29-20)14-25-12-11-16-8-4-5-10-19(16)28-3/h4-5,8-10,15,18,20-22,25-26H,6-7,11-14H2,1-3H3/t15-,18-,20+,21+,22-,24+/m0/s1. The van der Waals surface area contributed by atoms with Crippen LogP contribution in [0.2, 0.25) is 0 Å². The van der Waals surface area contributed by atoms with E-state index in [9.17, 15) is 9.90 Å². The van der Waals surface area contributed by atoms with Gasteiger partial charge in [0.15, 0.2) is 0 Å². The van der Waals surface area contributed by atoms with Crippen molar-refractivity contribution in [1.82, 2.24) is 5.32 Å². The third kappa shape index (κ3) is 3.49. The minimum absolute atomic E-state index is 0.135. The number of nitrogens with one attached hydrogen (secondary N) is 1. The van der Waals surface area contributed by atoms with Crippen molar-refractivity contribution in [1.29, 1.82) is 0 Å². The lowest BCUT2D eigenvalue weighted by Crippen LogP contribution is -2.54. The summed E-state index contributed by atoms with van der Waals surface area (Å²) < 4.78 is 11.1. The second-order valence-corrected chi connectivity index (χ2v) is 9.06. The van der Waals surface area contributed by atoms with Crippen LogP contribution in [0.4, 0.5) is 0 Å². The number of rotatable bonds is 6. The third-order valence-corrected chi connectivity index (χ3v) is 7.70. The molecule has 0 bridgehead atoms. The van der Waals surface area contributed by atoms with Crippen LogP contribution in [0.15, 0.2) is 35.9 Å². The Hall–Kier alpha value is -1.85. The quantitative estimate of drug-likeness (QED) is 0.437. The van der Waals surface area contributed by atoms with Crippen LogP contribution in [-0.4, -0.2) is 43.5 Å². The second kappa shape index (κ2) is 8.11. The van der Waals surface area contributed by atoms with Gasteiger partial charge in [0.05, 0.1) is 19.1 Å². The van der Waals surface area contributed by atoms with E-state index in [1.54, 1.807) is 7.11 Å². The maximum atomic E-state index is 12.6. The van der Waals surface area contributed by atoms with E-state index in [4.69, 9.17) is 9.47 Å². The number of aliphatic hydroxyl groups excluding tert-OH is 1. The van der Waals surface area contributed by atoms with E-state index >= 15 is 0 Å². The first-order valence-electron chi connectivity index (χ1n) is 10.9. The lowest BCUT2D eigenvalue weighted by atomic mass is 9.55. The lowest BCUT2D eigenvalue weighted by molar-refractivity contribution is -0.144. The van der Waals surface area contributed by atoms with Crippen molar-refractivity contribution >= 4 is 5.97 Å². The summed E-state index contributed by atoms with van der Waals surface area (Å²) in [6.45, 7) is 5.69. The highest BCUT2D eigenvalue weighted by Crippen LogP contribution is 2.55. The van der Waals surface area contributed by atoms with Gasteiger partial charge in [-0.15, -0.1) is 0 Å². The van der Waals surface area contributed by atoms with Gasteiger partial charge in [0, 0.05) is 24.3 Å². The van der Waals surface area contributed by atoms with Crippen LogP contribution in [-0.2, 0) is 16.0 Å². The lowest BCUT2D eigenvalue weighted by Gasteiger charge is -2.51. The third-order valence-electron chi connectivity index (χ3n) is 7.70. The largest absolute Gasteiger partial charge is 0.496 e. The molecule has 0 radical (unpaired) electrons. The van der Waals surface area contributed by atoms with Gasteiger partial charge >= 0.3 is 5.97 Å². The maximum Gasteiger partial charge on any atom is 0.311 e. The van der Waals surface area contributed by atoms with Gasteiger partial charge in [-0.05, 0) is 43.4 Å². The molecule has 1 saturated heterocycles. The summed E-state index contributed by atoms with van der Waals surface area (Å²) in [5.74, 6) is 0.702. The van der Waals surface area contributed by atoms with E-state index in [0.717, 1.165) is 43.5 Å². The first-order chi connectivity index (χ1) is 14.0. The van der Waals surface area contributed by atoms with Crippen LogP contribution >= 0.6 is 0 Å². The minimum Gasteiger partial charge on any atom is -0.496 e. The predicted molar refractivity (Wildman–Crippen MR) is 112 cm³/mol. The van der Waals surface area contributed by atoms with Crippen molar-refractivity contribution in [2.24, 2.45) is 23.2 Å². The fourth-order valence-corrected chi connectivity index (χ4v) is 5.69. The number of allylic oxidation sites excluding steroid dienone is 1. The zero-order chi connectivity index (χ0) is 20.6. The predicted octanol–water partition coefficient (Wildman–Crippen LogP) is 3.11. The van der Waals surface area contributed by atoms with Crippen molar-refractivity contribution in [2.75, 3.05) is 20.2 Å². The van der Waals surface area contributed by atoms with Gasteiger partial charge in [-0.1, -0.05) is 43.7 Å². The maximum absolute atomic E-state index is 12.6. The molecule has 1 heterocycles. The summed E-state index contributed by atoms with van der Waals surface area (Å²) in [4.78, 5) is 12.6. The minimum atomic E-state index is -0.546. The van der Waals surface area contributed by atoms with E-state index in [2.05, 4.69) is 31.3 Å². The number of aliphatic hydroxyl groups is 1. The van der Waals surface area contributed by atoms with Crippen LogP contribution in [0, 0.1) is 23.2 Å². The number of ether oxygens (including phenoxy) is 2. The number of hydrogen-bond donors (Lipinski definition) is 2. The van der Waals surface area contributed by atoms with Gasteiger partial charge in [0.1, 0.15) is 11.9 Å². The van der Waals surface area contributed by atoms with E-state index in [1.165, 1.54) is 5.57 Å². The number of para-hydroxylation sites is 1. The summed E-state index contributed by atoms with van der Waals surface area (Å²) in [6.07, 6.45) is 5.27. The monoisotopic (exact) mass is 399 g/mol. The Morgan fingerprint density at radius 2 is 2.14 bits per heavy atom.